The van der Waals surface area contributed by atoms with E-state index in [-0.39, 0.29) is 69.6 Å². The molecule has 7 atom stereocenters. The van der Waals surface area contributed by atoms with Crippen LogP contribution in [0.25, 0.3) is 11.1 Å². The molecule has 0 radical (unpaired) electrons. The highest BCUT2D eigenvalue weighted by atomic mass is 16.6. The minimum absolute atomic E-state index is 0.0639. The fourth-order valence-electron chi connectivity index (χ4n) is 8.25. The number of amides is 10. The lowest BCUT2D eigenvalue weighted by Crippen LogP contribution is -2.58. The van der Waals surface area contributed by atoms with Crippen molar-refractivity contribution < 1.29 is 86.9 Å². The molecule has 28 heteroatoms. The molecule has 0 fully saturated rings. The molecule has 4 bridgehead atoms. The molecule has 2 aromatic carbocycles. The lowest BCUT2D eigenvalue weighted by Gasteiger charge is -2.28. The molecule has 0 aromatic heterocycles. The van der Waals surface area contributed by atoms with Gasteiger partial charge in [0.05, 0.1) is 12.2 Å². The van der Waals surface area contributed by atoms with Crippen LogP contribution in [-0.2, 0) is 60.5 Å². The number of carbonyl (C=O) groups is 10. The molecule has 13 N–H and O–H groups in total. The lowest BCUT2D eigenvalue weighted by molar-refractivity contribution is -0.133. The fraction of sp³-hybridized carbons (Fsp3) is 0.633. The van der Waals surface area contributed by atoms with Gasteiger partial charge in [0.1, 0.15) is 64.0 Å². The largest absolute Gasteiger partial charge is 0.508 e. The van der Waals surface area contributed by atoms with Crippen LogP contribution in [0, 0.1) is 0 Å². The second-order valence-corrected chi connectivity index (χ2v) is 26.2. The summed E-state index contributed by atoms with van der Waals surface area (Å²) in [5.41, 5.74) is -2.67. The summed E-state index contributed by atoms with van der Waals surface area (Å²) >= 11 is 0. The van der Waals surface area contributed by atoms with Crippen LogP contribution in [0.15, 0.2) is 42.5 Å². The number of alkyl carbamates (subject to hydrolysis) is 5. The molecule has 88 heavy (non-hydrogen) atoms. The highest BCUT2D eigenvalue weighted by Gasteiger charge is 2.35. The van der Waals surface area contributed by atoms with Gasteiger partial charge in [-0.1, -0.05) is 30.3 Å². The maximum absolute atomic E-state index is 14.6. The smallest absolute Gasteiger partial charge is 0.408 e. The number of hydrogen-bond donors (Lipinski definition) is 13. The second-order valence-electron chi connectivity index (χ2n) is 26.2. The van der Waals surface area contributed by atoms with E-state index in [1.165, 1.54) is 6.07 Å². The number of phenolic OH excluding ortho intramolecular Hbond substituents is 1. The van der Waals surface area contributed by atoms with E-state index in [4.69, 9.17) is 23.7 Å². The summed E-state index contributed by atoms with van der Waals surface area (Å²) in [6.45, 7) is 23.0. The van der Waals surface area contributed by atoms with Crippen molar-refractivity contribution in [3.8, 4) is 16.9 Å². The van der Waals surface area contributed by atoms with Gasteiger partial charge in [-0.3, -0.25) is 24.0 Å². The first kappa shape index (κ1) is 74.1. The average molecular weight is 1240 g/mol. The van der Waals surface area contributed by atoms with Gasteiger partial charge >= 0.3 is 30.5 Å². The number of rotatable bonds is 21. The summed E-state index contributed by atoms with van der Waals surface area (Å²) < 4.78 is 26.7. The Hall–Kier alpha value is -8.14. The number of aliphatic hydroxyl groups excluding tert-OH is 2. The van der Waals surface area contributed by atoms with E-state index in [9.17, 15) is 63.3 Å². The Morgan fingerprint density at radius 3 is 1.58 bits per heavy atom. The maximum atomic E-state index is 14.6. The number of phenols is 1. The van der Waals surface area contributed by atoms with Crippen molar-refractivity contribution in [3.05, 3.63) is 53.6 Å². The normalized spacial score (nSPS) is 17.1. The van der Waals surface area contributed by atoms with Crippen LogP contribution in [-0.4, -0.2) is 178 Å². The molecule has 28 nitrogen and oxygen atoms in total. The predicted octanol–water partition coefficient (Wildman–Crippen LogP) is 3.49. The number of nitrogens with one attached hydrogen (secondary N) is 10. The van der Waals surface area contributed by atoms with E-state index in [0.717, 1.165) is 0 Å². The average Bonchev–Trinajstić information content (AvgIpc) is 3.34. The first-order valence-corrected chi connectivity index (χ1v) is 29.2. The van der Waals surface area contributed by atoms with Crippen LogP contribution < -0.4 is 53.2 Å². The zero-order chi connectivity index (χ0) is 66.5. The van der Waals surface area contributed by atoms with Crippen LogP contribution in [0.3, 0.4) is 0 Å². The maximum Gasteiger partial charge on any atom is 0.408 e. The van der Waals surface area contributed by atoms with Crippen molar-refractivity contribution in [2.75, 3.05) is 32.7 Å². The quantitative estimate of drug-likeness (QED) is 0.0628. The van der Waals surface area contributed by atoms with E-state index in [1.807, 2.05) is 0 Å². The summed E-state index contributed by atoms with van der Waals surface area (Å²) in [6, 6.07) is 4.39. The van der Waals surface area contributed by atoms with Crippen LogP contribution in [0.1, 0.15) is 141 Å². The molecule has 0 saturated carbocycles. The molecule has 1 aliphatic rings. The van der Waals surface area contributed by atoms with Gasteiger partial charge in [0.2, 0.25) is 29.5 Å². The van der Waals surface area contributed by atoms with E-state index >= 15 is 0 Å². The Kier molecular flexibility index (Phi) is 27.6. The molecule has 492 valence electrons. The first-order valence-electron chi connectivity index (χ1n) is 29.2. The summed E-state index contributed by atoms with van der Waals surface area (Å²) in [4.78, 5) is 135. The monoisotopic (exact) mass is 1240 g/mol. The standard InChI is InChI=1S/C60H94N10O18/c1-56(2,3)84-51(79)64-31-38(71)30-44-50(78)66-42(27-34-18-16-19-35(26-34)36-21-22-45(73)37(28-36)29-43(49(77)67-44)70-55(83)88-60(13,14)15)48(76)62-25-23-41(69-54(82)87-59(10,11)12)46(74)61-24-17-20-40(68-53(81)86-58(7,8)9)47(75)63-32-39(72)33-65-52(80)85-57(4,5)6/h16,18-19,21-22,26,28,38-44,71-73H,17,20,23-25,27,29-33H2,1-15H3,(H,61,74)(H,62,76)(H,63,75)(H,64,79)(H,65,80)(H,66,78)(H,67,77)(H,68,81)(H,69,82)(H,70,83)/t38-,39?,40+,41+,42+,43+,44+/m1/s1. The summed E-state index contributed by atoms with van der Waals surface area (Å²) in [5, 5.41) is 58.4. The van der Waals surface area contributed by atoms with Crippen molar-refractivity contribution in [3.63, 3.8) is 0 Å². The van der Waals surface area contributed by atoms with Crippen molar-refractivity contribution in [1.82, 2.24) is 53.2 Å². The Morgan fingerprint density at radius 2 is 1.02 bits per heavy atom. The first-order chi connectivity index (χ1) is 40.5. The molecule has 1 heterocycles. The summed E-state index contributed by atoms with van der Waals surface area (Å²) in [7, 11) is 0. The molecule has 0 spiro atoms. The van der Waals surface area contributed by atoms with Crippen molar-refractivity contribution in [2.24, 2.45) is 0 Å². The van der Waals surface area contributed by atoms with E-state index in [2.05, 4.69) is 53.2 Å². The SMILES string of the molecule is CC(C)(C)OC(=O)NCC(O)CNC(=O)[C@H](CCCNC(=O)[C@H](CCNC(=O)[C@@H]1Cc2cccc(c2)-c2ccc(O)c(c2)C[C@H](NC(=O)OC(C)(C)C)C(=O)N[C@@H](C[C@@H](O)CNC(=O)OC(C)(C)C)C(=O)N1)NC(=O)OC(C)(C)C)NC(=O)OC(C)(C)C. The Balaban J connectivity index is 1.93. The van der Waals surface area contributed by atoms with Crippen LogP contribution in [0.4, 0.5) is 24.0 Å². The molecule has 0 saturated heterocycles. The zero-order valence-corrected chi connectivity index (χ0v) is 53.3. The van der Waals surface area contributed by atoms with E-state index in [0.29, 0.717) is 16.7 Å². The fourth-order valence-corrected chi connectivity index (χ4v) is 8.25. The van der Waals surface area contributed by atoms with Crippen molar-refractivity contribution in [2.45, 2.75) is 213 Å². The van der Waals surface area contributed by atoms with Crippen molar-refractivity contribution in [1.29, 1.82) is 0 Å². The summed E-state index contributed by atoms with van der Waals surface area (Å²) in [5.74, 6) is -4.40. The van der Waals surface area contributed by atoms with Crippen LogP contribution in [0.2, 0.25) is 0 Å². The van der Waals surface area contributed by atoms with Gasteiger partial charge in [0, 0.05) is 52.0 Å². The van der Waals surface area contributed by atoms with E-state index < -0.39 is 143 Å². The molecule has 10 amide bonds. The Morgan fingerprint density at radius 1 is 0.534 bits per heavy atom. The number of benzene rings is 2. The number of ether oxygens (including phenoxy) is 5. The Bertz CT molecular complexity index is 2740. The minimum Gasteiger partial charge on any atom is -0.508 e. The number of carbonyl (C=O) groups excluding carboxylic acids is 10. The van der Waals surface area contributed by atoms with Crippen LogP contribution >= 0.6 is 0 Å². The molecule has 1 unspecified atom stereocenters. The zero-order valence-electron chi connectivity index (χ0n) is 53.3. The molecular formula is C60H94N10O18. The van der Waals surface area contributed by atoms with Crippen molar-refractivity contribution >= 4 is 60.0 Å². The minimum atomic E-state index is -1.66. The number of hydrogen-bond acceptors (Lipinski definition) is 18. The third-order valence-electron chi connectivity index (χ3n) is 12.0. The third-order valence-corrected chi connectivity index (χ3v) is 12.0. The summed E-state index contributed by atoms with van der Waals surface area (Å²) in [6.07, 6.45) is -8.63. The lowest BCUT2D eigenvalue weighted by atomic mass is 9.96. The van der Waals surface area contributed by atoms with Crippen LogP contribution in [0.5, 0.6) is 5.75 Å². The Labute approximate surface area is 514 Å². The second kappa shape index (κ2) is 32.7. The predicted molar refractivity (Wildman–Crippen MR) is 322 cm³/mol. The van der Waals surface area contributed by atoms with Gasteiger partial charge in [-0.15, -0.1) is 0 Å². The third kappa shape index (κ3) is 30.0. The van der Waals surface area contributed by atoms with E-state index in [1.54, 1.807) is 140 Å². The highest BCUT2D eigenvalue weighted by Crippen LogP contribution is 2.29. The van der Waals surface area contributed by atoms with Gasteiger partial charge < -0.3 is 92.2 Å². The topological polar surface area (TPSA) is 398 Å². The number of aromatic hydroxyl groups is 1. The number of aliphatic hydroxyl groups is 2. The van der Waals surface area contributed by atoms with Gasteiger partial charge in [-0.25, -0.2) is 24.0 Å². The molecular weight excluding hydrogens is 1150 g/mol. The van der Waals surface area contributed by atoms with Gasteiger partial charge in [0.25, 0.3) is 0 Å². The molecule has 1 aliphatic heterocycles. The number of fused-ring (bicyclic) bond motifs is 5. The van der Waals surface area contributed by atoms with Gasteiger partial charge in [-0.2, -0.15) is 0 Å². The van der Waals surface area contributed by atoms with Gasteiger partial charge in [-0.05, 0) is 158 Å². The highest BCUT2D eigenvalue weighted by molar-refractivity contribution is 5.94. The molecule has 2 aromatic rings. The van der Waals surface area contributed by atoms with Gasteiger partial charge in [0.15, 0.2) is 0 Å². The molecule has 3 rings (SSSR count). The molecule has 0 aliphatic carbocycles.